The Hall–Kier alpha value is -1.99. The van der Waals surface area contributed by atoms with Gasteiger partial charge in [0.15, 0.2) is 11.5 Å². The fraction of sp³-hybridized carbons (Fsp3) is 0.308. The molecule has 3 aromatic rings. The molecular weight excluding hydrogens is 274 g/mol. The van der Waals surface area contributed by atoms with Crippen LogP contribution in [0.5, 0.6) is 0 Å². The second kappa shape index (κ2) is 5.56. The van der Waals surface area contributed by atoms with E-state index in [0.717, 1.165) is 17.0 Å². The van der Waals surface area contributed by atoms with E-state index in [0.29, 0.717) is 23.5 Å². The van der Waals surface area contributed by atoms with Crippen LogP contribution >= 0.6 is 11.3 Å². The maximum atomic E-state index is 5.26. The van der Waals surface area contributed by atoms with Gasteiger partial charge < -0.3 is 9.84 Å². The summed E-state index contributed by atoms with van der Waals surface area (Å²) in [4.78, 5) is 5.50. The summed E-state index contributed by atoms with van der Waals surface area (Å²) >= 11 is 1.65. The lowest BCUT2D eigenvalue weighted by molar-refractivity contribution is 0.417. The molecule has 0 radical (unpaired) electrons. The Labute approximate surface area is 120 Å². The first-order valence-corrected chi connectivity index (χ1v) is 7.23. The van der Waals surface area contributed by atoms with Crippen molar-refractivity contribution in [1.29, 1.82) is 0 Å². The molecule has 3 heterocycles. The van der Waals surface area contributed by atoms with Gasteiger partial charge in [0.1, 0.15) is 0 Å². The van der Waals surface area contributed by atoms with Crippen molar-refractivity contribution >= 4 is 11.3 Å². The maximum Gasteiger partial charge on any atom is 0.278 e. The molecule has 2 N–H and O–H groups in total. The number of hydrogen-bond acceptors (Lipinski definition) is 6. The lowest BCUT2D eigenvalue weighted by Gasteiger charge is -2.04. The quantitative estimate of drug-likeness (QED) is 0.753. The van der Waals surface area contributed by atoms with E-state index in [1.165, 1.54) is 0 Å². The van der Waals surface area contributed by atoms with E-state index in [1.54, 1.807) is 11.3 Å². The zero-order valence-corrected chi connectivity index (χ0v) is 12.1. The van der Waals surface area contributed by atoms with E-state index >= 15 is 0 Å². The average Bonchev–Trinajstić information content (AvgIpc) is 3.18. The van der Waals surface area contributed by atoms with Crippen molar-refractivity contribution in [2.24, 2.45) is 0 Å². The van der Waals surface area contributed by atoms with E-state index in [4.69, 9.17) is 4.52 Å². The molecule has 0 bridgehead atoms. The highest BCUT2D eigenvalue weighted by Gasteiger charge is 2.14. The van der Waals surface area contributed by atoms with Crippen molar-refractivity contribution in [1.82, 2.24) is 25.7 Å². The van der Waals surface area contributed by atoms with Crippen molar-refractivity contribution < 1.29 is 4.52 Å². The molecular formula is C13H15N5OS. The number of aromatic nitrogens is 4. The summed E-state index contributed by atoms with van der Waals surface area (Å²) in [5, 5.41) is 16.4. The molecule has 0 aromatic carbocycles. The topological polar surface area (TPSA) is 79.6 Å². The van der Waals surface area contributed by atoms with Crippen LogP contribution in [-0.2, 0) is 6.42 Å². The fourth-order valence-electron chi connectivity index (χ4n) is 1.81. The van der Waals surface area contributed by atoms with Gasteiger partial charge in [0.2, 0.25) is 0 Å². The Morgan fingerprint density at radius 1 is 1.50 bits per heavy atom. The van der Waals surface area contributed by atoms with E-state index in [1.807, 2.05) is 30.6 Å². The number of H-pyrrole nitrogens is 1. The molecule has 1 atom stereocenters. The SMILES string of the molecule is CNC(C)Cc1noc(-c2cc(-c3cccs3)[nH]n2)n1. The molecule has 3 aromatic heterocycles. The van der Waals surface area contributed by atoms with Crippen molar-refractivity contribution in [2.75, 3.05) is 7.05 Å². The molecule has 104 valence electrons. The van der Waals surface area contributed by atoms with Gasteiger partial charge in [0, 0.05) is 12.5 Å². The summed E-state index contributed by atoms with van der Waals surface area (Å²) in [6.45, 7) is 2.07. The maximum absolute atomic E-state index is 5.26. The van der Waals surface area contributed by atoms with Gasteiger partial charge in [0.05, 0.1) is 10.6 Å². The van der Waals surface area contributed by atoms with Gasteiger partial charge in [-0.25, -0.2) is 0 Å². The smallest absolute Gasteiger partial charge is 0.278 e. The Bertz CT molecular complexity index is 673. The van der Waals surface area contributed by atoms with E-state index in [2.05, 4.69) is 32.6 Å². The van der Waals surface area contributed by atoms with Crippen molar-refractivity contribution in [3.63, 3.8) is 0 Å². The predicted molar refractivity (Wildman–Crippen MR) is 77.4 cm³/mol. The first-order chi connectivity index (χ1) is 9.76. The standard InChI is InChI=1S/C13H15N5OS/c1-8(14-2)6-12-15-13(19-18-12)10-7-9(16-17-10)11-4-3-5-20-11/h3-5,7-8,14H,6H2,1-2H3,(H,16,17). The number of nitrogens with one attached hydrogen (secondary N) is 2. The highest BCUT2D eigenvalue weighted by Crippen LogP contribution is 2.26. The van der Waals surface area contributed by atoms with Crippen LogP contribution in [-0.4, -0.2) is 33.4 Å². The minimum Gasteiger partial charge on any atom is -0.332 e. The van der Waals surface area contributed by atoms with Gasteiger partial charge in [-0.15, -0.1) is 11.3 Å². The Morgan fingerprint density at radius 3 is 3.15 bits per heavy atom. The van der Waals surface area contributed by atoms with Crippen molar-refractivity contribution in [3.8, 4) is 22.2 Å². The predicted octanol–water partition coefficient (Wildman–Crippen LogP) is 2.34. The summed E-state index contributed by atoms with van der Waals surface area (Å²) in [5.74, 6) is 1.13. The third-order valence-electron chi connectivity index (χ3n) is 3.03. The first kappa shape index (κ1) is 13.0. The zero-order valence-electron chi connectivity index (χ0n) is 11.3. The normalized spacial score (nSPS) is 12.7. The average molecular weight is 289 g/mol. The largest absolute Gasteiger partial charge is 0.332 e. The third kappa shape index (κ3) is 2.63. The lowest BCUT2D eigenvalue weighted by Crippen LogP contribution is -2.24. The minimum absolute atomic E-state index is 0.307. The molecule has 0 amide bonds. The molecule has 20 heavy (non-hydrogen) atoms. The number of hydrogen-bond donors (Lipinski definition) is 2. The van der Waals surface area contributed by atoms with Crippen LogP contribution in [0.3, 0.4) is 0 Å². The van der Waals surface area contributed by atoms with Gasteiger partial charge in [-0.05, 0) is 31.5 Å². The van der Waals surface area contributed by atoms with E-state index in [9.17, 15) is 0 Å². The number of thiophene rings is 1. The molecule has 0 aliphatic rings. The third-order valence-corrected chi connectivity index (χ3v) is 3.94. The van der Waals surface area contributed by atoms with Gasteiger partial charge in [0.25, 0.3) is 5.89 Å². The molecule has 0 aliphatic carbocycles. The summed E-state index contributed by atoms with van der Waals surface area (Å²) in [6, 6.07) is 6.27. The molecule has 0 fully saturated rings. The molecule has 0 saturated carbocycles. The summed E-state index contributed by atoms with van der Waals surface area (Å²) < 4.78 is 5.26. The minimum atomic E-state index is 0.307. The monoisotopic (exact) mass is 289 g/mol. The molecule has 6 nitrogen and oxygen atoms in total. The van der Waals surface area contributed by atoms with E-state index in [-0.39, 0.29) is 0 Å². The van der Waals surface area contributed by atoms with E-state index < -0.39 is 0 Å². The van der Waals surface area contributed by atoms with Crippen LogP contribution in [0.15, 0.2) is 28.1 Å². The molecule has 0 spiro atoms. The number of rotatable bonds is 5. The Kier molecular flexibility index (Phi) is 3.62. The highest BCUT2D eigenvalue weighted by molar-refractivity contribution is 7.13. The van der Waals surface area contributed by atoms with Crippen molar-refractivity contribution in [2.45, 2.75) is 19.4 Å². The Balaban J connectivity index is 1.80. The molecule has 0 saturated heterocycles. The summed E-state index contributed by atoms with van der Waals surface area (Å²) in [6.07, 6.45) is 0.724. The van der Waals surface area contributed by atoms with Crippen LogP contribution in [0.25, 0.3) is 22.2 Å². The number of likely N-dealkylation sites (N-methyl/N-ethyl adjacent to an activating group) is 1. The second-order valence-corrected chi connectivity index (χ2v) is 5.50. The van der Waals surface area contributed by atoms with Crippen LogP contribution in [0.2, 0.25) is 0 Å². The summed E-state index contributed by atoms with van der Waals surface area (Å²) in [5.41, 5.74) is 1.63. The van der Waals surface area contributed by atoms with Gasteiger partial charge in [-0.1, -0.05) is 11.2 Å². The second-order valence-electron chi connectivity index (χ2n) is 4.55. The molecule has 1 unspecified atom stereocenters. The highest BCUT2D eigenvalue weighted by atomic mass is 32.1. The summed E-state index contributed by atoms with van der Waals surface area (Å²) in [7, 11) is 1.91. The van der Waals surface area contributed by atoms with Crippen LogP contribution in [0, 0.1) is 0 Å². The van der Waals surface area contributed by atoms with Crippen LogP contribution < -0.4 is 5.32 Å². The van der Waals surface area contributed by atoms with Gasteiger partial charge in [-0.3, -0.25) is 5.10 Å². The van der Waals surface area contributed by atoms with Crippen LogP contribution in [0.4, 0.5) is 0 Å². The zero-order chi connectivity index (χ0) is 13.9. The Morgan fingerprint density at radius 2 is 2.40 bits per heavy atom. The molecule has 0 aliphatic heterocycles. The lowest BCUT2D eigenvalue weighted by atomic mass is 10.2. The number of nitrogens with zero attached hydrogens (tertiary/aromatic N) is 3. The van der Waals surface area contributed by atoms with Crippen molar-refractivity contribution in [3.05, 3.63) is 29.4 Å². The molecule has 3 rings (SSSR count). The van der Waals surface area contributed by atoms with Gasteiger partial charge >= 0.3 is 0 Å². The fourth-order valence-corrected chi connectivity index (χ4v) is 2.50. The van der Waals surface area contributed by atoms with Gasteiger partial charge in [-0.2, -0.15) is 10.1 Å². The number of aromatic amines is 1. The van der Waals surface area contributed by atoms with Crippen LogP contribution in [0.1, 0.15) is 12.7 Å². The first-order valence-electron chi connectivity index (χ1n) is 6.36. The molecule has 7 heteroatoms.